The molecule has 0 atom stereocenters. The van der Waals surface area contributed by atoms with Crippen LogP contribution >= 0.6 is 11.8 Å². The zero-order valence-electron chi connectivity index (χ0n) is 14.4. The lowest BCUT2D eigenvalue weighted by Crippen LogP contribution is -2.26. The topological polar surface area (TPSA) is 51.5 Å². The van der Waals surface area contributed by atoms with Crippen molar-refractivity contribution in [2.75, 3.05) is 0 Å². The molecule has 0 aliphatic heterocycles. The normalized spacial score (nSPS) is 10.8. The molecule has 0 aliphatic carbocycles. The van der Waals surface area contributed by atoms with Crippen molar-refractivity contribution < 1.29 is 9.94 Å². The van der Waals surface area contributed by atoms with Crippen LogP contribution in [0, 0.1) is 0 Å². The van der Waals surface area contributed by atoms with Crippen molar-refractivity contribution >= 4 is 22.7 Å². The van der Waals surface area contributed by atoms with Crippen LogP contribution in [0.25, 0.3) is 10.9 Å². The van der Waals surface area contributed by atoms with Gasteiger partial charge >= 0.3 is 0 Å². The number of aromatic nitrogens is 1. The Bertz CT molecular complexity index is 1120. The number of fused-ring (bicyclic) bond motifs is 1. The average molecular weight is 375 g/mol. The Morgan fingerprint density at radius 3 is 2.30 bits per heavy atom. The highest BCUT2D eigenvalue weighted by molar-refractivity contribution is 7.99. The van der Waals surface area contributed by atoms with Gasteiger partial charge in [0.25, 0.3) is 5.56 Å². The first-order chi connectivity index (χ1) is 13.2. The van der Waals surface area contributed by atoms with Crippen molar-refractivity contribution in [3.8, 4) is 5.75 Å². The molecule has 3 aromatic carbocycles. The smallest absolute Gasteiger partial charge is 0.287 e. The predicted molar refractivity (Wildman–Crippen MR) is 107 cm³/mol. The van der Waals surface area contributed by atoms with Gasteiger partial charge in [0, 0.05) is 21.2 Å². The van der Waals surface area contributed by atoms with Gasteiger partial charge in [0.15, 0.2) is 0 Å². The molecule has 0 aliphatic rings. The maximum atomic E-state index is 12.3. The number of rotatable bonds is 5. The van der Waals surface area contributed by atoms with E-state index in [-0.39, 0.29) is 12.4 Å². The molecule has 4 nitrogen and oxygen atoms in total. The lowest BCUT2D eigenvalue weighted by Gasteiger charge is -2.13. The third kappa shape index (κ3) is 3.83. The van der Waals surface area contributed by atoms with Gasteiger partial charge in [0.05, 0.1) is 5.52 Å². The van der Waals surface area contributed by atoms with Crippen LogP contribution in [0.1, 0.15) is 5.56 Å². The summed E-state index contributed by atoms with van der Waals surface area (Å²) >= 11 is 1.59. The van der Waals surface area contributed by atoms with Gasteiger partial charge < -0.3 is 9.94 Å². The monoisotopic (exact) mass is 375 g/mol. The van der Waals surface area contributed by atoms with E-state index in [1.807, 2.05) is 72.8 Å². The molecule has 4 aromatic rings. The highest BCUT2D eigenvalue weighted by Gasteiger charge is 2.11. The van der Waals surface area contributed by atoms with Crippen molar-refractivity contribution in [3.05, 3.63) is 101 Å². The summed E-state index contributed by atoms with van der Waals surface area (Å²) in [6, 6.07) is 26.4. The zero-order valence-corrected chi connectivity index (χ0v) is 15.2. The summed E-state index contributed by atoms with van der Waals surface area (Å²) in [5.41, 5.74) is 1.09. The summed E-state index contributed by atoms with van der Waals surface area (Å²) in [4.78, 5) is 20.1. The summed E-state index contributed by atoms with van der Waals surface area (Å²) in [6.45, 7) is 0.265. The van der Waals surface area contributed by atoms with E-state index in [1.54, 1.807) is 17.8 Å². The number of aromatic hydroxyl groups is 1. The van der Waals surface area contributed by atoms with Gasteiger partial charge in [-0.1, -0.05) is 60.3 Å². The van der Waals surface area contributed by atoms with Gasteiger partial charge in [-0.05, 0) is 35.9 Å². The molecule has 0 spiro atoms. The molecular weight excluding hydrogens is 358 g/mol. The Morgan fingerprint density at radius 2 is 1.56 bits per heavy atom. The Balaban J connectivity index is 1.68. The van der Waals surface area contributed by atoms with E-state index in [2.05, 4.69) is 0 Å². The van der Waals surface area contributed by atoms with Crippen LogP contribution in [0.2, 0.25) is 0 Å². The number of benzene rings is 3. The SMILES string of the molecule is O=c1cc(O)c2cc(Sc3ccccc3)ccc2n1OCc1ccccc1. The molecular formula is C22H17NO3S. The number of hydrogen-bond donors (Lipinski definition) is 1. The molecule has 0 fully saturated rings. The van der Waals surface area contributed by atoms with Crippen molar-refractivity contribution in [3.63, 3.8) is 0 Å². The van der Waals surface area contributed by atoms with Crippen LogP contribution < -0.4 is 10.4 Å². The Kier molecular flexibility index (Phi) is 4.85. The molecule has 134 valence electrons. The molecule has 0 saturated heterocycles. The van der Waals surface area contributed by atoms with Gasteiger partial charge in [0.2, 0.25) is 0 Å². The largest absolute Gasteiger partial charge is 0.507 e. The first kappa shape index (κ1) is 17.2. The molecule has 0 amide bonds. The molecule has 0 unspecified atom stereocenters. The first-order valence-corrected chi connectivity index (χ1v) is 9.31. The minimum absolute atomic E-state index is 0.0509. The number of pyridine rings is 1. The van der Waals surface area contributed by atoms with Crippen molar-refractivity contribution in [1.29, 1.82) is 0 Å². The Labute approximate surface area is 160 Å². The summed E-state index contributed by atoms with van der Waals surface area (Å²) in [6.07, 6.45) is 0. The van der Waals surface area contributed by atoms with E-state index in [9.17, 15) is 9.90 Å². The molecule has 5 heteroatoms. The summed E-state index contributed by atoms with van der Waals surface area (Å²) in [7, 11) is 0. The lowest BCUT2D eigenvalue weighted by atomic mass is 10.2. The highest BCUT2D eigenvalue weighted by atomic mass is 32.2. The number of nitrogens with zero attached hydrogens (tertiary/aromatic N) is 1. The maximum Gasteiger partial charge on any atom is 0.287 e. The predicted octanol–water partition coefficient (Wildman–Crippen LogP) is 4.49. The second-order valence-corrected chi connectivity index (χ2v) is 7.16. The molecule has 0 bridgehead atoms. The van der Waals surface area contributed by atoms with E-state index in [0.717, 1.165) is 15.4 Å². The van der Waals surface area contributed by atoms with Gasteiger partial charge in [0.1, 0.15) is 12.4 Å². The van der Waals surface area contributed by atoms with E-state index in [1.165, 1.54) is 10.8 Å². The highest BCUT2D eigenvalue weighted by Crippen LogP contribution is 2.32. The van der Waals surface area contributed by atoms with Gasteiger partial charge in [-0.25, -0.2) is 0 Å². The van der Waals surface area contributed by atoms with Crippen molar-refractivity contribution in [2.24, 2.45) is 0 Å². The zero-order chi connectivity index (χ0) is 18.6. The fourth-order valence-electron chi connectivity index (χ4n) is 2.80. The van der Waals surface area contributed by atoms with Crippen LogP contribution in [0.4, 0.5) is 0 Å². The van der Waals surface area contributed by atoms with Gasteiger partial charge in [-0.2, -0.15) is 0 Å². The average Bonchev–Trinajstić information content (AvgIpc) is 2.70. The van der Waals surface area contributed by atoms with Gasteiger partial charge in [-0.3, -0.25) is 4.79 Å². The summed E-state index contributed by atoms with van der Waals surface area (Å²) < 4.78 is 1.24. The Hall–Kier alpha value is -3.18. The summed E-state index contributed by atoms with van der Waals surface area (Å²) in [5, 5.41) is 10.8. The van der Waals surface area contributed by atoms with Crippen molar-refractivity contribution in [2.45, 2.75) is 16.4 Å². The standard InChI is InChI=1S/C22H17NO3S/c24-21-14-22(25)23(26-15-16-7-3-1-4-8-16)20-12-11-18(13-19(20)21)27-17-9-5-2-6-10-17/h1-14,24H,15H2. The first-order valence-electron chi connectivity index (χ1n) is 8.49. The van der Waals surface area contributed by atoms with Crippen LogP contribution in [0.5, 0.6) is 5.75 Å². The minimum Gasteiger partial charge on any atom is -0.507 e. The minimum atomic E-state index is -0.403. The third-order valence-electron chi connectivity index (χ3n) is 4.11. The fraction of sp³-hybridized carbons (Fsp3) is 0.0455. The molecule has 0 radical (unpaired) electrons. The maximum absolute atomic E-state index is 12.3. The fourth-order valence-corrected chi connectivity index (χ4v) is 3.68. The Morgan fingerprint density at radius 1 is 0.852 bits per heavy atom. The molecule has 4 rings (SSSR count). The molecule has 27 heavy (non-hydrogen) atoms. The van der Waals surface area contributed by atoms with Crippen LogP contribution in [0.3, 0.4) is 0 Å². The molecule has 1 aromatic heterocycles. The van der Waals surface area contributed by atoms with Gasteiger partial charge in [-0.15, -0.1) is 4.73 Å². The van der Waals surface area contributed by atoms with Crippen LogP contribution in [0.15, 0.2) is 99.5 Å². The van der Waals surface area contributed by atoms with Crippen LogP contribution in [-0.4, -0.2) is 9.84 Å². The quantitative estimate of drug-likeness (QED) is 0.558. The number of hydrogen-bond acceptors (Lipinski definition) is 4. The molecule has 1 heterocycles. The lowest BCUT2D eigenvalue weighted by molar-refractivity contribution is 0.0990. The van der Waals surface area contributed by atoms with E-state index >= 15 is 0 Å². The van der Waals surface area contributed by atoms with E-state index in [0.29, 0.717) is 10.9 Å². The van der Waals surface area contributed by atoms with Crippen molar-refractivity contribution in [1.82, 2.24) is 4.73 Å². The van der Waals surface area contributed by atoms with E-state index in [4.69, 9.17) is 4.84 Å². The van der Waals surface area contributed by atoms with E-state index < -0.39 is 5.56 Å². The molecule has 0 saturated carbocycles. The van der Waals surface area contributed by atoms with Crippen LogP contribution in [-0.2, 0) is 6.61 Å². The second-order valence-electron chi connectivity index (χ2n) is 6.02. The third-order valence-corrected chi connectivity index (χ3v) is 5.10. The molecule has 1 N–H and O–H groups in total. The summed E-state index contributed by atoms with van der Waals surface area (Å²) in [5.74, 6) is -0.0509. The second kappa shape index (κ2) is 7.60.